The van der Waals surface area contributed by atoms with Crippen LogP contribution in [0.2, 0.25) is 0 Å². The number of aliphatic hydroxyl groups excluding tert-OH is 1. The highest BCUT2D eigenvalue weighted by Gasteiger charge is 2.32. The average Bonchev–Trinajstić information content (AvgIpc) is 2.88. The molecule has 3 aromatic rings. The van der Waals surface area contributed by atoms with Crippen LogP contribution in [-0.4, -0.2) is 36.6 Å². The van der Waals surface area contributed by atoms with Gasteiger partial charge >= 0.3 is 0 Å². The van der Waals surface area contributed by atoms with E-state index in [-0.39, 0.29) is 13.2 Å². The van der Waals surface area contributed by atoms with Gasteiger partial charge < -0.3 is 19.3 Å². The smallest absolute Gasteiger partial charge is 0.113 e. The maximum absolute atomic E-state index is 10.2. The van der Waals surface area contributed by atoms with Gasteiger partial charge in [0.1, 0.15) is 12.2 Å². The molecule has 172 valence electrons. The number of hydrogen-bond acceptors (Lipinski definition) is 5. The lowest BCUT2D eigenvalue weighted by Crippen LogP contribution is -2.46. The third-order valence-electron chi connectivity index (χ3n) is 5.14. The molecule has 3 aromatic carbocycles. The monoisotopic (exact) mass is 447 g/mol. The molecular formula is C26H29N3O4. The minimum absolute atomic E-state index is 0.0496. The first kappa shape index (κ1) is 24.5. The second-order valence-electron chi connectivity index (χ2n) is 7.53. The number of hydrogen-bond donors (Lipinski definition) is 1. The molecule has 0 unspecified atom stereocenters. The molecule has 1 N–H and O–H groups in total. The first-order valence-electron chi connectivity index (χ1n) is 10.9. The van der Waals surface area contributed by atoms with E-state index in [0.717, 1.165) is 16.7 Å². The molecule has 0 aliphatic carbocycles. The van der Waals surface area contributed by atoms with Gasteiger partial charge in [-0.2, -0.15) is 0 Å². The highest BCUT2D eigenvalue weighted by Crippen LogP contribution is 2.19. The highest BCUT2D eigenvalue weighted by molar-refractivity contribution is 5.15. The summed E-state index contributed by atoms with van der Waals surface area (Å²) in [6.07, 6.45) is -1.95. The van der Waals surface area contributed by atoms with E-state index < -0.39 is 18.3 Å². The van der Waals surface area contributed by atoms with Crippen molar-refractivity contribution in [1.29, 1.82) is 0 Å². The van der Waals surface area contributed by atoms with Crippen LogP contribution in [0.4, 0.5) is 0 Å². The van der Waals surface area contributed by atoms with Gasteiger partial charge in [-0.25, -0.2) is 0 Å². The Kier molecular flexibility index (Phi) is 10.4. The average molecular weight is 448 g/mol. The van der Waals surface area contributed by atoms with Crippen molar-refractivity contribution in [2.45, 2.75) is 38.1 Å². The van der Waals surface area contributed by atoms with Crippen LogP contribution in [0.15, 0.2) is 96.1 Å². The van der Waals surface area contributed by atoms with E-state index in [1.54, 1.807) is 0 Å². The fourth-order valence-electron chi connectivity index (χ4n) is 3.40. The van der Waals surface area contributed by atoms with Crippen LogP contribution in [-0.2, 0) is 34.0 Å². The molecule has 0 heterocycles. The Morgan fingerprint density at radius 3 is 1.52 bits per heavy atom. The molecule has 0 fully saturated rings. The van der Waals surface area contributed by atoms with Crippen molar-refractivity contribution in [1.82, 2.24) is 0 Å². The summed E-state index contributed by atoms with van der Waals surface area (Å²) in [5.41, 5.74) is 11.9. The molecule has 0 aliphatic rings. The molecule has 33 heavy (non-hydrogen) atoms. The van der Waals surface area contributed by atoms with E-state index in [0.29, 0.717) is 19.8 Å². The number of nitrogens with zero attached hydrogens (tertiary/aromatic N) is 3. The minimum atomic E-state index is -0.677. The van der Waals surface area contributed by atoms with Crippen LogP contribution >= 0.6 is 0 Å². The van der Waals surface area contributed by atoms with Gasteiger partial charge in [0.15, 0.2) is 0 Å². The lowest BCUT2D eigenvalue weighted by atomic mass is 10.1. The Morgan fingerprint density at radius 1 is 0.667 bits per heavy atom. The largest absolute Gasteiger partial charge is 0.394 e. The van der Waals surface area contributed by atoms with Crippen molar-refractivity contribution < 1.29 is 19.3 Å². The molecule has 0 radical (unpaired) electrons. The molecule has 0 saturated heterocycles. The first-order valence-corrected chi connectivity index (χ1v) is 10.9. The van der Waals surface area contributed by atoms with Gasteiger partial charge in [0, 0.05) is 4.91 Å². The zero-order valence-electron chi connectivity index (χ0n) is 18.4. The van der Waals surface area contributed by atoms with Gasteiger partial charge in [-0.3, -0.25) is 0 Å². The topological polar surface area (TPSA) is 96.7 Å². The Morgan fingerprint density at radius 2 is 1.09 bits per heavy atom. The van der Waals surface area contributed by atoms with Gasteiger partial charge in [-0.1, -0.05) is 96.1 Å². The van der Waals surface area contributed by atoms with E-state index in [1.165, 1.54) is 0 Å². The maximum atomic E-state index is 10.2. The first-order chi connectivity index (χ1) is 16.3. The Hall–Kier alpha value is -3.19. The number of benzene rings is 3. The fraction of sp³-hybridized carbons (Fsp3) is 0.308. The van der Waals surface area contributed by atoms with Gasteiger partial charge in [0.2, 0.25) is 0 Å². The van der Waals surface area contributed by atoms with Crippen molar-refractivity contribution in [2.24, 2.45) is 5.11 Å². The summed E-state index contributed by atoms with van der Waals surface area (Å²) in [5, 5.41) is 13.9. The fourth-order valence-corrected chi connectivity index (χ4v) is 3.40. The van der Waals surface area contributed by atoms with Crippen LogP contribution in [0.5, 0.6) is 0 Å². The van der Waals surface area contributed by atoms with E-state index in [2.05, 4.69) is 10.0 Å². The van der Waals surface area contributed by atoms with Crippen molar-refractivity contribution in [3.8, 4) is 0 Å². The lowest BCUT2D eigenvalue weighted by molar-refractivity contribution is -0.158. The third kappa shape index (κ3) is 8.35. The molecule has 0 bridgehead atoms. The Labute approximate surface area is 194 Å². The summed E-state index contributed by atoms with van der Waals surface area (Å²) in [4.78, 5) is 2.90. The van der Waals surface area contributed by atoms with Crippen molar-refractivity contribution >= 4 is 0 Å². The van der Waals surface area contributed by atoms with Gasteiger partial charge in [0.05, 0.1) is 39.1 Å². The highest BCUT2D eigenvalue weighted by atomic mass is 16.6. The Bertz CT molecular complexity index is 967. The number of aliphatic hydroxyl groups is 1. The van der Waals surface area contributed by atoms with Crippen LogP contribution in [0, 0.1) is 0 Å². The number of ether oxygens (including phenoxy) is 3. The third-order valence-corrected chi connectivity index (χ3v) is 5.14. The molecule has 7 heteroatoms. The molecule has 0 saturated carbocycles. The number of azide groups is 1. The zero-order chi connectivity index (χ0) is 23.1. The minimum Gasteiger partial charge on any atom is -0.394 e. The Balaban J connectivity index is 1.77. The standard InChI is InChI=1S/C26H29N3O4/c27-29-28-16-24(31-18-21-10-4-1-5-11-21)26(33-20-23-14-8-3-9-15-23)25(17-30)32-19-22-12-6-2-7-13-22/h1-15,24-26,30H,16-20H2/t24-,25-,26-/m1/s1. The SMILES string of the molecule is [N-]=[N+]=NC[C@@H](OCc1ccccc1)[C@@H](OCc1ccccc1)[C@@H](CO)OCc1ccccc1. The maximum Gasteiger partial charge on any atom is 0.113 e. The van der Waals surface area contributed by atoms with E-state index in [4.69, 9.17) is 19.7 Å². The summed E-state index contributed by atoms with van der Waals surface area (Å²) >= 11 is 0. The molecule has 0 aliphatic heterocycles. The van der Waals surface area contributed by atoms with Crippen LogP contribution < -0.4 is 0 Å². The van der Waals surface area contributed by atoms with Crippen LogP contribution in [0.3, 0.4) is 0 Å². The molecule has 3 rings (SSSR count). The van der Waals surface area contributed by atoms with Gasteiger partial charge in [0.25, 0.3) is 0 Å². The van der Waals surface area contributed by atoms with Crippen molar-refractivity contribution in [3.05, 3.63) is 118 Å². The molecule has 7 nitrogen and oxygen atoms in total. The second-order valence-corrected chi connectivity index (χ2v) is 7.53. The summed E-state index contributed by atoms with van der Waals surface area (Å²) in [5.74, 6) is 0. The van der Waals surface area contributed by atoms with E-state index in [1.807, 2.05) is 91.0 Å². The summed E-state index contributed by atoms with van der Waals surface area (Å²) in [6.45, 7) is 0.707. The lowest BCUT2D eigenvalue weighted by Gasteiger charge is -2.32. The predicted octanol–water partition coefficient (Wildman–Crippen LogP) is 5.05. The van der Waals surface area contributed by atoms with Gasteiger partial charge in [-0.15, -0.1) is 0 Å². The zero-order valence-corrected chi connectivity index (χ0v) is 18.4. The molecular weight excluding hydrogens is 418 g/mol. The second kappa shape index (κ2) is 14.1. The van der Waals surface area contributed by atoms with Crippen LogP contribution in [0.25, 0.3) is 10.4 Å². The predicted molar refractivity (Wildman–Crippen MR) is 126 cm³/mol. The summed E-state index contributed by atoms with van der Waals surface area (Å²) in [6, 6.07) is 29.2. The van der Waals surface area contributed by atoms with E-state index >= 15 is 0 Å². The molecule has 0 amide bonds. The van der Waals surface area contributed by atoms with Gasteiger partial charge in [-0.05, 0) is 22.2 Å². The number of rotatable bonds is 14. The summed E-state index contributed by atoms with van der Waals surface area (Å²) in [7, 11) is 0. The van der Waals surface area contributed by atoms with Crippen molar-refractivity contribution in [2.75, 3.05) is 13.2 Å². The normalized spacial score (nSPS) is 13.6. The molecule has 0 aromatic heterocycles. The van der Waals surface area contributed by atoms with E-state index in [9.17, 15) is 5.11 Å². The quantitative estimate of drug-likeness (QED) is 0.213. The molecule has 0 spiro atoms. The van der Waals surface area contributed by atoms with Crippen LogP contribution in [0.1, 0.15) is 16.7 Å². The molecule has 3 atom stereocenters. The summed E-state index contributed by atoms with van der Waals surface area (Å²) < 4.78 is 18.4. The van der Waals surface area contributed by atoms with Crippen molar-refractivity contribution in [3.63, 3.8) is 0 Å².